The third kappa shape index (κ3) is 6.68. The van der Waals surface area contributed by atoms with Gasteiger partial charge in [-0.25, -0.2) is 4.79 Å². The Bertz CT molecular complexity index is 1090. The number of ether oxygens (including phenoxy) is 2. The summed E-state index contributed by atoms with van der Waals surface area (Å²) in [4.78, 5) is 25.8. The van der Waals surface area contributed by atoms with Crippen LogP contribution in [-0.2, 0) is 22.5 Å². The molecule has 6 heteroatoms. The first kappa shape index (κ1) is 25.0. The van der Waals surface area contributed by atoms with E-state index in [-0.39, 0.29) is 5.91 Å². The van der Waals surface area contributed by atoms with Crippen LogP contribution in [0.1, 0.15) is 35.3 Å². The molecule has 3 aromatic rings. The van der Waals surface area contributed by atoms with Crippen LogP contribution in [0.3, 0.4) is 0 Å². The zero-order valence-corrected chi connectivity index (χ0v) is 19.9. The van der Waals surface area contributed by atoms with Gasteiger partial charge in [0.15, 0.2) is 6.10 Å². The highest BCUT2D eigenvalue weighted by atomic mass is 16.5. The van der Waals surface area contributed by atoms with Crippen LogP contribution < -0.4 is 4.74 Å². The van der Waals surface area contributed by atoms with Gasteiger partial charge in [-0.1, -0.05) is 42.5 Å². The van der Waals surface area contributed by atoms with Gasteiger partial charge < -0.3 is 19.5 Å². The van der Waals surface area contributed by atoms with Crippen LogP contribution in [0.25, 0.3) is 11.1 Å². The number of amides is 1. The number of carboxylic acid groups (broad SMARTS) is 1. The zero-order valence-electron chi connectivity index (χ0n) is 19.9. The molecule has 1 unspecified atom stereocenters. The van der Waals surface area contributed by atoms with Crippen molar-refractivity contribution in [2.75, 3.05) is 20.3 Å². The fourth-order valence-corrected chi connectivity index (χ4v) is 3.74. The van der Waals surface area contributed by atoms with Crippen LogP contribution in [-0.4, -0.2) is 48.2 Å². The minimum atomic E-state index is -0.956. The molecule has 1 amide bonds. The summed E-state index contributed by atoms with van der Waals surface area (Å²) in [6.45, 7) is 5.13. The van der Waals surface area contributed by atoms with Crippen LogP contribution >= 0.6 is 0 Å². The minimum Gasteiger partial charge on any atom is -0.494 e. The predicted octanol–water partition coefficient (Wildman–Crippen LogP) is 5.06. The fourth-order valence-electron chi connectivity index (χ4n) is 3.74. The van der Waals surface area contributed by atoms with Gasteiger partial charge in [-0.05, 0) is 66.4 Å². The molecule has 0 aromatic heterocycles. The molecule has 0 aliphatic carbocycles. The summed E-state index contributed by atoms with van der Waals surface area (Å²) in [6, 6.07) is 23.1. The van der Waals surface area contributed by atoms with Crippen molar-refractivity contribution in [1.29, 1.82) is 0 Å². The normalized spacial score (nSPS) is 11.6. The molecule has 0 bridgehead atoms. The lowest BCUT2D eigenvalue weighted by molar-refractivity contribution is -0.149. The molecule has 0 aliphatic heterocycles. The van der Waals surface area contributed by atoms with Crippen LogP contribution in [0.4, 0.5) is 0 Å². The van der Waals surface area contributed by atoms with E-state index in [0.29, 0.717) is 31.7 Å². The Morgan fingerprint density at radius 1 is 0.882 bits per heavy atom. The third-order valence-electron chi connectivity index (χ3n) is 5.46. The lowest BCUT2D eigenvalue weighted by atomic mass is 9.99. The lowest BCUT2D eigenvalue weighted by Gasteiger charge is -2.18. The van der Waals surface area contributed by atoms with Crippen molar-refractivity contribution in [3.8, 4) is 16.9 Å². The molecule has 0 saturated carbocycles. The maximum atomic E-state index is 12.8. The molecule has 3 aromatic carbocycles. The minimum absolute atomic E-state index is 0.0555. The van der Waals surface area contributed by atoms with Gasteiger partial charge >= 0.3 is 5.97 Å². The molecule has 1 N–H and O–H groups in total. The maximum absolute atomic E-state index is 12.8. The van der Waals surface area contributed by atoms with E-state index in [1.165, 1.54) is 0 Å². The van der Waals surface area contributed by atoms with E-state index < -0.39 is 12.1 Å². The largest absolute Gasteiger partial charge is 0.494 e. The third-order valence-corrected chi connectivity index (χ3v) is 5.46. The maximum Gasteiger partial charge on any atom is 0.333 e. The summed E-state index contributed by atoms with van der Waals surface area (Å²) in [5.41, 5.74) is 4.59. The van der Waals surface area contributed by atoms with Crippen molar-refractivity contribution in [3.63, 3.8) is 0 Å². The van der Waals surface area contributed by atoms with Crippen LogP contribution in [0.15, 0.2) is 72.8 Å². The molecule has 34 heavy (non-hydrogen) atoms. The molecule has 0 saturated heterocycles. The Labute approximate surface area is 200 Å². The molecule has 0 radical (unpaired) electrons. The van der Waals surface area contributed by atoms with Gasteiger partial charge in [0.25, 0.3) is 5.91 Å². The van der Waals surface area contributed by atoms with E-state index in [1.54, 1.807) is 31.0 Å². The van der Waals surface area contributed by atoms with Crippen LogP contribution in [0, 0.1) is 0 Å². The van der Waals surface area contributed by atoms with E-state index in [9.17, 15) is 14.7 Å². The van der Waals surface area contributed by atoms with Crippen LogP contribution in [0.5, 0.6) is 5.75 Å². The molecule has 0 spiro atoms. The molecule has 0 fully saturated rings. The Morgan fingerprint density at radius 2 is 1.59 bits per heavy atom. The predicted molar refractivity (Wildman–Crippen MR) is 132 cm³/mol. The Kier molecular flexibility index (Phi) is 8.82. The van der Waals surface area contributed by atoms with E-state index in [0.717, 1.165) is 28.0 Å². The zero-order chi connectivity index (χ0) is 24.5. The summed E-state index contributed by atoms with van der Waals surface area (Å²) in [7, 11) is 1.79. The van der Waals surface area contributed by atoms with E-state index in [1.807, 2.05) is 61.5 Å². The summed E-state index contributed by atoms with van der Waals surface area (Å²) in [6.07, 6.45) is -0.523. The van der Waals surface area contributed by atoms with Crippen molar-refractivity contribution in [3.05, 3.63) is 89.5 Å². The Balaban J connectivity index is 1.67. The van der Waals surface area contributed by atoms with Gasteiger partial charge in [0.1, 0.15) is 5.75 Å². The highest BCUT2D eigenvalue weighted by Crippen LogP contribution is 2.23. The number of carboxylic acids is 1. The number of hydrogen-bond donors (Lipinski definition) is 1. The van der Waals surface area contributed by atoms with E-state index >= 15 is 0 Å². The SMILES string of the molecule is CCOc1ccc(C(=O)N(C)Cc2cccc(-c3ccc(CC(OCC)C(=O)O)cc3)c2)cc1. The summed E-state index contributed by atoms with van der Waals surface area (Å²) in [5.74, 6) is -0.264. The monoisotopic (exact) mass is 461 g/mol. The lowest BCUT2D eigenvalue weighted by Crippen LogP contribution is -2.26. The van der Waals surface area contributed by atoms with Gasteiger partial charge in [-0.2, -0.15) is 0 Å². The molecule has 1 atom stereocenters. The summed E-state index contributed by atoms with van der Waals surface area (Å²) < 4.78 is 10.7. The van der Waals surface area contributed by atoms with E-state index in [4.69, 9.17) is 9.47 Å². The highest BCUT2D eigenvalue weighted by molar-refractivity contribution is 5.94. The van der Waals surface area contributed by atoms with Gasteiger partial charge in [-0.15, -0.1) is 0 Å². The number of benzene rings is 3. The molecule has 178 valence electrons. The first-order valence-electron chi connectivity index (χ1n) is 11.4. The smallest absolute Gasteiger partial charge is 0.333 e. The van der Waals surface area contributed by atoms with Crippen molar-refractivity contribution in [1.82, 2.24) is 4.90 Å². The first-order valence-corrected chi connectivity index (χ1v) is 11.4. The Hall–Kier alpha value is -3.64. The topological polar surface area (TPSA) is 76.1 Å². The number of nitrogens with zero attached hydrogens (tertiary/aromatic N) is 1. The highest BCUT2D eigenvalue weighted by Gasteiger charge is 2.18. The van der Waals surface area contributed by atoms with Crippen molar-refractivity contribution in [2.45, 2.75) is 32.9 Å². The second-order valence-corrected chi connectivity index (χ2v) is 8.00. The van der Waals surface area contributed by atoms with Crippen LogP contribution in [0.2, 0.25) is 0 Å². The van der Waals surface area contributed by atoms with Gasteiger partial charge in [0, 0.05) is 32.2 Å². The number of rotatable bonds is 11. The fraction of sp³-hybridized carbons (Fsp3) is 0.286. The van der Waals surface area contributed by atoms with Crippen molar-refractivity contribution < 1.29 is 24.2 Å². The second kappa shape index (κ2) is 12.0. The summed E-state index contributed by atoms with van der Waals surface area (Å²) in [5, 5.41) is 9.29. The van der Waals surface area contributed by atoms with Gasteiger partial charge in [0.2, 0.25) is 0 Å². The van der Waals surface area contributed by atoms with E-state index in [2.05, 4.69) is 6.07 Å². The summed E-state index contributed by atoms with van der Waals surface area (Å²) >= 11 is 0. The average Bonchev–Trinajstić information content (AvgIpc) is 2.84. The number of hydrogen-bond acceptors (Lipinski definition) is 4. The van der Waals surface area contributed by atoms with Gasteiger partial charge in [0.05, 0.1) is 6.61 Å². The van der Waals surface area contributed by atoms with Gasteiger partial charge in [-0.3, -0.25) is 4.79 Å². The average molecular weight is 462 g/mol. The molecule has 0 aliphatic rings. The standard InChI is InChI=1S/C28H31NO5/c1-4-33-25-15-13-23(14-16-25)27(30)29(3)19-21-7-6-8-24(17-21)22-11-9-20(10-12-22)18-26(28(31)32)34-5-2/h6-17,26H,4-5,18-19H2,1-3H3,(H,31,32). The molecular weight excluding hydrogens is 430 g/mol. The quantitative estimate of drug-likeness (QED) is 0.432. The number of carbonyl (C=O) groups excluding carboxylic acids is 1. The number of carbonyl (C=O) groups is 2. The van der Waals surface area contributed by atoms with Crippen molar-refractivity contribution in [2.24, 2.45) is 0 Å². The molecule has 6 nitrogen and oxygen atoms in total. The second-order valence-electron chi connectivity index (χ2n) is 8.00. The first-order chi connectivity index (χ1) is 16.4. The van der Waals surface area contributed by atoms with Crippen molar-refractivity contribution >= 4 is 11.9 Å². The Morgan fingerprint density at radius 3 is 2.21 bits per heavy atom. The number of aliphatic carboxylic acids is 1. The molecule has 0 heterocycles. The molecular formula is C28H31NO5. The molecule has 3 rings (SSSR count).